The van der Waals surface area contributed by atoms with E-state index in [4.69, 9.17) is 0 Å². The minimum absolute atomic E-state index is 0.0163. The van der Waals surface area contributed by atoms with E-state index in [9.17, 15) is 21.6 Å². The lowest BCUT2D eigenvalue weighted by Gasteiger charge is -2.27. The minimum atomic E-state index is -4.44. The van der Waals surface area contributed by atoms with Crippen LogP contribution in [0.25, 0.3) is 0 Å². The Morgan fingerprint density at radius 2 is 1.68 bits per heavy atom. The summed E-state index contributed by atoms with van der Waals surface area (Å²) >= 11 is 0. The van der Waals surface area contributed by atoms with Gasteiger partial charge in [-0.25, -0.2) is 12.7 Å². The first kappa shape index (κ1) is 21.7. The quantitative estimate of drug-likeness (QED) is 0.601. The molecule has 0 aromatic heterocycles. The van der Waals surface area contributed by atoms with Crippen LogP contribution in [0.2, 0.25) is 0 Å². The normalized spacial score (nSPS) is 14.1. The molecule has 0 rings (SSSR count). The van der Waals surface area contributed by atoms with Crippen molar-refractivity contribution in [2.45, 2.75) is 47.2 Å². The third kappa shape index (κ3) is 11.3. The van der Waals surface area contributed by atoms with Crippen molar-refractivity contribution in [3.63, 3.8) is 0 Å². The van der Waals surface area contributed by atoms with E-state index in [1.54, 1.807) is 0 Å². The van der Waals surface area contributed by atoms with E-state index in [-0.39, 0.29) is 11.3 Å². The molecule has 0 fully saturated rings. The van der Waals surface area contributed by atoms with Crippen LogP contribution in [-0.4, -0.2) is 51.0 Å². The van der Waals surface area contributed by atoms with Gasteiger partial charge in [0.25, 0.3) is 0 Å². The fourth-order valence-electron chi connectivity index (χ4n) is 1.69. The highest BCUT2D eigenvalue weighted by Gasteiger charge is 2.29. The van der Waals surface area contributed by atoms with Crippen molar-refractivity contribution in [1.82, 2.24) is 4.31 Å². The number of hydrogen-bond acceptors (Lipinski definition) is 3. The molecule has 0 spiro atoms. The lowest BCUT2D eigenvalue weighted by Crippen LogP contribution is -2.39. The maximum Gasteiger partial charge on any atom is 0.411 e. The Labute approximate surface area is 132 Å². The molecule has 0 radical (unpaired) electrons. The van der Waals surface area contributed by atoms with E-state index in [1.807, 2.05) is 34.6 Å². The van der Waals surface area contributed by atoms with Crippen LogP contribution < -0.4 is 0 Å². The predicted molar refractivity (Wildman–Crippen MR) is 81.1 cm³/mol. The van der Waals surface area contributed by atoms with Gasteiger partial charge in [-0.1, -0.05) is 34.6 Å². The standard InChI is InChI=1S/C14H28F3NO3S/c1-12(2)10-18(7-6-13(3,4)5)22(19,20)9-8-21-11-14(15,16)17/h12H,6-11H2,1-5H3. The van der Waals surface area contributed by atoms with Gasteiger partial charge in [0.15, 0.2) is 0 Å². The summed E-state index contributed by atoms with van der Waals surface area (Å²) in [6.07, 6.45) is -3.75. The number of sulfonamides is 1. The molecule has 0 aliphatic rings. The Bertz CT molecular complexity index is 414. The topological polar surface area (TPSA) is 46.6 Å². The van der Waals surface area contributed by atoms with Crippen molar-refractivity contribution < 1.29 is 26.3 Å². The van der Waals surface area contributed by atoms with Gasteiger partial charge in [-0.3, -0.25) is 0 Å². The third-order valence-corrected chi connectivity index (χ3v) is 4.63. The van der Waals surface area contributed by atoms with E-state index >= 15 is 0 Å². The van der Waals surface area contributed by atoms with Gasteiger partial charge in [0, 0.05) is 13.1 Å². The summed E-state index contributed by atoms with van der Waals surface area (Å²) in [7, 11) is -3.62. The first-order valence-corrected chi connectivity index (χ1v) is 8.96. The van der Waals surface area contributed by atoms with Crippen LogP contribution >= 0.6 is 0 Å². The zero-order valence-electron chi connectivity index (χ0n) is 14.0. The molecule has 0 aromatic carbocycles. The summed E-state index contributed by atoms with van der Waals surface area (Å²) in [5, 5.41) is 0. The fourth-order valence-corrected chi connectivity index (χ4v) is 3.17. The maximum absolute atomic E-state index is 12.3. The Morgan fingerprint density at radius 3 is 2.09 bits per heavy atom. The molecule has 0 atom stereocenters. The second-order valence-corrected chi connectivity index (χ2v) is 9.13. The van der Waals surface area contributed by atoms with Crippen molar-refractivity contribution in [2.75, 3.05) is 32.1 Å². The van der Waals surface area contributed by atoms with E-state index in [0.717, 1.165) is 0 Å². The number of halogens is 3. The highest BCUT2D eigenvalue weighted by atomic mass is 32.2. The molecule has 0 saturated heterocycles. The fraction of sp³-hybridized carbons (Fsp3) is 1.00. The van der Waals surface area contributed by atoms with Crippen molar-refractivity contribution >= 4 is 10.0 Å². The number of rotatable bonds is 9. The van der Waals surface area contributed by atoms with Crippen LogP contribution in [0, 0.1) is 11.3 Å². The van der Waals surface area contributed by atoms with Crippen molar-refractivity contribution in [1.29, 1.82) is 0 Å². The Hall–Kier alpha value is -0.340. The molecular formula is C14H28F3NO3S. The lowest BCUT2D eigenvalue weighted by atomic mass is 9.92. The van der Waals surface area contributed by atoms with Crippen molar-refractivity contribution in [2.24, 2.45) is 11.3 Å². The average molecular weight is 347 g/mol. The van der Waals surface area contributed by atoms with Crippen LogP contribution in [0.15, 0.2) is 0 Å². The van der Waals surface area contributed by atoms with E-state index in [2.05, 4.69) is 4.74 Å². The zero-order chi connectivity index (χ0) is 17.6. The van der Waals surface area contributed by atoms with Gasteiger partial charge in [-0.15, -0.1) is 0 Å². The summed E-state index contributed by atoms with van der Waals surface area (Å²) in [5.41, 5.74) is -0.0163. The van der Waals surface area contributed by atoms with Crippen LogP contribution in [0.4, 0.5) is 13.2 Å². The Kier molecular flexibility index (Phi) is 8.36. The SMILES string of the molecule is CC(C)CN(CCC(C)(C)C)S(=O)(=O)CCOCC(F)(F)F. The molecule has 22 heavy (non-hydrogen) atoms. The van der Waals surface area contributed by atoms with Gasteiger partial charge in [0.1, 0.15) is 6.61 Å². The summed E-state index contributed by atoms with van der Waals surface area (Å²) in [4.78, 5) is 0. The smallest absolute Gasteiger partial charge is 0.371 e. The Balaban J connectivity index is 4.60. The Morgan fingerprint density at radius 1 is 1.14 bits per heavy atom. The summed E-state index contributed by atoms with van der Waals surface area (Å²) in [6, 6.07) is 0. The predicted octanol–water partition coefficient (Wildman–Crippen LogP) is 3.29. The highest BCUT2D eigenvalue weighted by molar-refractivity contribution is 7.89. The van der Waals surface area contributed by atoms with E-state index < -0.39 is 35.2 Å². The highest BCUT2D eigenvalue weighted by Crippen LogP contribution is 2.21. The second kappa shape index (κ2) is 8.49. The average Bonchev–Trinajstić information content (AvgIpc) is 2.27. The molecular weight excluding hydrogens is 319 g/mol. The third-order valence-electron chi connectivity index (χ3n) is 2.82. The number of ether oxygens (including phenoxy) is 1. The summed E-state index contributed by atoms with van der Waals surface area (Å²) in [6.45, 7) is 8.69. The molecule has 0 aliphatic heterocycles. The second-order valence-electron chi connectivity index (χ2n) is 7.05. The van der Waals surface area contributed by atoms with Crippen molar-refractivity contribution in [3.8, 4) is 0 Å². The van der Waals surface area contributed by atoms with Crippen LogP contribution in [0.3, 0.4) is 0 Å². The molecule has 0 heterocycles. The van der Waals surface area contributed by atoms with Gasteiger partial charge in [-0.05, 0) is 17.8 Å². The van der Waals surface area contributed by atoms with E-state index in [1.165, 1.54) is 4.31 Å². The molecule has 0 saturated carbocycles. The molecule has 0 bridgehead atoms. The molecule has 0 amide bonds. The van der Waals surface area contributed by atoms with Crippen LogP contribution in [0.5, 0.6) is 0 Å². The largest absolute Gasteiger partial charge is 0.411 e. The molecule has 0 aromatic rings. The number of hydrogen-bond donors (Lipinski definition) is 0. The van der Waals surface area contributed by atoms with Gasteiger partial charge >= 0.3 is 6.18 Å². The lowest BCUT2D eigenvalue weighted by molar-refractivity contribution is -0.172. The first-order chi connectivity index (χ1) is 9.73. The van der Waals surface area contributed by atoms with Crippen LogP contribution in [0.1, 0.15) is 41.0 Å². The monoisotopic (exact) mass is 347 g/mol. The number of alkyl halides is 3. The molecule has 8 heteroatoms. The molecule has 134 valence electrons. The molecule has 0 unspecified atom stereocenters. The molecule has 0 aliphatic carbocycles. The maximum atomic E-state index is 12.3. The zero-order valence-corrected chi connectivity index (χ0v) is 14.9. The van der Waals surface area contributed by atoms with Crippen molar-refractivity contribution in [3.05, 3.63) is 0 Å². The minimum Gasteiger partial charge on any atom is -0.371 e. The molecule has 0 N–H and O–H groups in total. The molecule has 4 nitrogen and oxygen atoms in total. The first-order valence-electron chi connectivity index (χ1n) is 7.35. The summed E-state index contributed by atoms with van der Waals surface area (Å²) < 4.78 is 66.2. The van der Waals surface area contributed by atoms with Gasteiger partial charge in [0.05, 0.1) is 12.4 Å². The van der Waals surface area contributed by atoms with Gasteiger partial charge in [-0.2, -0.15) is 13.2 Å². The summed E-state index contributed by atoms with van der Waals surface area (Å²) in [5.74, 6) is -0.286. The van der Waals surface area contributed by atoms with Gasteiger partial charge in [0.2, 0.25) is 10.0 Å². The number of nitrogens with zero attached hydrogens (tertiary/aromatic N) is 1. The van der Waals surface area contributed by atoms with E-state index in [0.29, 0.717) is 19.5 Å². The van der Waals surface area contributed by atoms with Crippen LogP contribution in [-0.2, 0) is 14.8 Å². The van der Waals surface area contributed by atoms with Gasteiger partial charge < -0.3 is 4.74 Å².